The van der Waals surface area contributed by atoms with Gasteiger partial charge in [0, 0.05) is 77.6 Å². The first-order valence-electron chi connectivity index (χ1n) is 16.7. The van der Waals surface area contributed by atoms with Gasteiger partial charge in [-0.1, -0.05) is 35.3 Å². The predicted molar refractivity (Wildman–Crippen MR) is 191 cm³/mol. The summed E-state index contributed by atoms with van der Waals surface area (Å²) in [6.07, 6.45) is 4.01. The lowest BCUT2D eigenvalue weighted by Gasteiger charge is -2.42. The van der Waals surface area contributed by atoms with Crippen molar-refractivity contribution in [1.82, 2.24) is 24.8 Å². The number of benzene rings is 2. The van der Waals surface area contributed by atoms with Gasteiger partial charge >= 0.3 is 6.03 Å². The lowest BCUT2D eigenvalue weighted by Crippen LogP contribution is -2.51. The standard InChI is InChI=1S/C37H35Cl2FN8O/c1-19-25-17-29(20(2)46-12-5-13-47(37(46)49)23-9-11-43-30(42)16-23)48(35-22-15-28(35)44-18-22)36(25)26-14-21(6-4-10-41)31(33(40)34(26)45-19)24-7-3-8-27(38)32(24)39/h3,7-9,11,14,16-17,20,22,28,35,44H,4-6,12-13,15,18H2,1-2H3,(H2,42,43)/t20-,22-,28-,35+/m1/s1. The van der Waals surface area contributed by atoms with E-state index in [0.29, 0.717) is 64.0 Å². The number of hydrogen-bond donors (Lipinski definition) is 2. The molecule has 0 radical (unpaired) electrons. The third kappa shape index (κ3) is 5.01. The van der Waals surface area contributed by atoms with Crippen LogP contribution in [0, 0.1) is 30.0 Å². The van der Waals surface area contributed by atoms with Crippen molar-refractivity contribution >= 4 is 62.5 Å². The van der Waals surface area contributed by atoms with E-state index in [1.54, 1.807) is 35.4 Å². The fourth-order valence-corrected chi connectivity index (χ4v) is 8.67. The molecule has 6 heterocycles. The summed E-state index contributed by atoms with van der Waals surface area (Å²) in [6, 6.07) is 15.1. The maximum atomic E-state index is 17.1. The summed E-state index contributed by atoms with van der Waals surface area (Å²) in [5.41, 5.74) is 11.0. The number of nitriles is 1. The minimum atomic E-state index is -0.491. The minimum Gasteiger partial charge on any atom is -0.384 e. The average molecular weight is 698 g/mol. The van der Waals surface area contributed by atoms with Gasteiger partial charge in [0.05, 0.1) is 39.4 Å². The van der Waals surface area contributed by atoms with Crippen LogP contribution in [0.3, 0.4) is 0 Å². The molecular weight excluding hydrogens is 662 g/mol. The van der Waals surface area contributed by atoms with E-state index in [9.17, 15) is 10.1 Å². The second-order valence-corrected chi connectivity index (χ2v) is 14.2. The van der Waals surface area contributed by atoms with E-state index >= 15 is 4.39 Å². The second-order valence-electron chi connectivity index (χ2n) is 13.4. The highest BCUT2D eigenvalue weighted by molar-refractivity contribution is 6.43. The Morgan fingerprint density at radius 3 is 2.76 bits per heavy atom. The molecule has 4 aliphatic rings. The first-order chi connectivity index (χ1) is 23.7. The molecule has 9 nitrogen and oxygen atoms in total. The molecule has 3 aliphatic heterocycles. The number of nitrogens with zero attached hydrogens (tertiary/aromatic N) is 6. The number of fused-ring (bicyclic) bond motifs is 4. The fraction of sp³-hybridized carbons (Fsp3) is 0.351. The second kappa shape index (κ2) is 12.2. The maximum Gasteiger partial charge on any atom is 0.325 e. The number of aryl methyl sites for hydroxylation is 2. The number of amides is 2. The van der Waals surface area contributed by atoms with Crippen LogP contribution < -0.4 is 16.0 Å². The Balaban J connectivity index is 1.34. The van der Waals surface area contributed by atoms with E-state index < -0.39 is 5.82 Å². The van der Waals surface area contributed by atoms with Crippen LogP contribution in [0.4, 0.5) is 20.7 Å². The molecule has 9 rings (SSSR count). The number of aromatic nitrogens is 3. The van der Waals surface area contributed by atoms with Gasteiger partial charge in [0.25, 0.3) is 0 Å². The number of pyridine rings is 2. The lowest BCUT2D eigenvalue weighted by molar-refractivity contribution is 0.165. The molecule has 1 saturated carbocycles. The fourth-order valence-electron chi connectivity index (χ4n) is 8.27. The van der Waals surface area contributed by atoms with Crippen LogP contribution in [-0.2, 0) is 6.42 Å². The molecule has 0 unspecified atom stereocenters. The number of carbonyl (C=O) groups excluding carboxylic acids is 1. The Morgan fingerprint density at radius 2 is 2.02 bits per heavy atom. The molecule has 49 heavy (non-hydrogen) atoms. The van der Waals surface area contributed by atoms with Crippen molar-refractivity contribution in [2.75, 3.05) is 30.3 Å². The number of halogens is 3. The summed E-state index contributed by atoms with van der Waals surface area (Å²) in [6.45, 7) is 6.07. The smallest absolute Gasteiger partial charge is 0.325 e. The zero-order valence-corrected chi connectivity index (χ0v) is 28.7. The molecule has 250 valence electrons. The van der Waals surface area contributed by atoms with E-state index in [1.807, 2.05) is 24.0 Å². The van der Waals surface area contributed by atoms with Crippen molar-refractivity contribution in [3.05, 3.63) is 81.5 Å². The zero-order valence-electron chi connectivity index (χ0n) is 27.2. The first kappa shape index (κ1) is 31.8. The number of hydrogen-bond acceptors (Lipinski definition) is 6. The van der Waals surface area contributed by atoms with E-state index in [1.165, 1.54) is 0 Å². The van der Waals surface area contributed by atoms with Gasteiger partial charge in [-0.05, 0) is 68.9 Å². The normalized spacial score (nSPS) is 21.0. The Bertz CT molecular complexity index is 2200. The van der Waals surface area contributed by atoms with Crippen molar-refractivity contribution < 1.29 is 9.18 Å². The van der Waals surface area contributed by atoms with Gasteiger partial charge in [0.1, 0.15) is 11.3 Å². The van der Waals surface area contributed by atoms with Crippen LogP contribution in [-0.4, -0.2) is 51.1 Å². The van der Waals surface area contributed by atoms with Crippen molar-refractivity contribution in [2.45, 2.75) is 57.7 Å². The van der Waals surface area contributed by atoms with Crippen LogP contribution in [0.25, 0.3) is 32.9 Å². The first-order valence-corrected chi connectivity index (χ1v) is 17.4. The number of nitrogens with one attached hydrogen (secondary N) is 1. The minimum absolute atomic E-state index is 0.0940. The molecule has 4 fully saturated rings. The van der Waals surface area contributed by atoms with E-state index in [2.05, 4.69) is 33.9 Å². The number of rotatable bonds is 7. The van der Waals surface area contributed by atoms with Gasteiger partial charge in [-0.15, -0.1) is 0 Å². The Kier molecular flexibility index (Phi) is 7.90. The number of anilines is 2. The highest BCUT2D eigenvalue weighted by Crippen LogP contribution is 2.50. The molecule has 12 heteroatoms. The molecule has 2 aromatic carbocycles. The summed E-state index contributed by atoms with van der Waals surface area (Å²) in [5, 5.41) is 15.4. The molecule has 3 N–H and O–H groups in total. The van der Waals surface area contributed by atoms with Crippen molar-refractivity contribution in [2.24, 2.45) is 5.92 Å². The molecule has 3 aromatic heterocycles. The number of urea groups is 1. The van der Waals surface area contributed by atoms with E-state index in [0.717, 1.165) is 41.7 Å². The largest absolute Gasteiger partial charge is 0.384 e. The van der Waals surface area contributed by atoms with Crippen LogP contribution in [0.5, 0.6) is 0 Å². The summed E-state index contributed by atoms with van der Waals surface area (Å²) in [4.78, 5) is 26.8. The summed E-state index contributed by atoms with van der Waals surface area (Å²) < 4.78 is 19.4. The van der Waals surface area contributed by atoms with Gasteiger partial charge in [-0.2, -0.15) is 5.26 Å². The average Bonchev–Trinajstić information content (AvgIpc) is 3.83. The van der Waals surface area contributed by atoms with Crippen LogP contribution in [0.15, 0.2) is 48.7 Å². The van der Waals surface area contributed by atoms with Crippen LogP contribution in [0.2, 0.25) is 10.0 Å². The summed E-state index contributed by atoms with van der Waals surface area (Å²) >= 11 is 13.0. The quantitative estimate of drug-likeness (QED) is 0.178. The van der Waals surface area contributed by atoms with Gasteiger partial charge < -0.3 is 20.5 Å². The van der Waals surface area contributed by atoms with Crippen molar-refractivity contribution in [3.63, 3.8) is 0 Å². The third-order valence-electron chi connectivity index (χ3n) is 10.7. The van der Waals surface area contributed by atoms with E-state index in [4.69, 9.17) is 33.9 Å². The number of carbonyl (C=O) groups is 1. The van der Waals surface area contributed by atoms with Crippen molar-refractivity contribution in [3.8, 4) is 17.2 Å². The number of nitrogen functional groups attached to an aromatic ring is 1. The van der Waals surface area contributed by atoms with Gasteiger partial charge in [-0.25, -0.2) is 19.2 Å². The SMILES string of the molecule is Cc1nc2c(F)c(-c3cccc(Cl)c3Cl)c(CCC#N)cc2c2c1cc([C@@H](C)N1CCCN(c3ccnc(N)c3)C1=O)n2[C@H]1[C@H]2CN[C@@H]1C2. The third-order valence-corrected chi connectivity index (χ3v) is 11.5. The van der Waals surface area contributed by atoms with Crippen LogP contribution in [0.1, 0.15) is 55.2 Å². The summed E-state index contributed by atoms with van der Waals surface area (Å²) in [7, 11) is 0. The number of nitrogens with two attached hydrogens (primary N) is 1. The van der Waals surface area contributed by atoms with Gasteiger partial charge in [-0.3, -0.25) is 4.90 Å². The Morgan fingerprint density at radius 1 is 1.18 bits per heavy atom. The lowest BCUT2D eigenvalue weighted by atomic mass is 9.79. The molecule has 2 amide bonds. The highest BCUT2D eigenvalue weighted by Gasteiger charge is 2.49. The van der Waals surface area contributed by atoms with Gasteiger partial charge in [0.15, 0.2) is 5.82 Å². The van der Waals surface area contributed by atoms with Gasteiger partial charge in [0.2, 0.25) is 0 Å². The molecular formula is C37H35Cl2FN8O. The maximum absolute atomic E-state index is 17.1. The Hall–Kier alpha value is -4.43. The highest BCUT2D eigenvalue weighted by atomic mass is 35.5. The molecule has 4 atom stereocenters. The molecule has 3 saturated heterocycles. The topological polar surface area (TPSA) is 116 Å². The monoisotopic (exact) mass is 696 g/mol. The van der Waals surface area contributed by atoms with E-state index in [-0.39, 0.29) is 41.1 Å². The van der Waals surface area contributed by atoms with Crippen LogP contribution >= 0.6 is 23.2 Å². The molecule has 2 bridgehead atoms. The molecule has 5 aromatic rings. The predicted octanol–water partition coefficient (Wildman–Crippen LogP) is 7.97. The van der Waals surface area contributed by atoms with Crippen molar-refractivity contribution in [1.29, 1.82) is 5.26 Å². The molecule has 1 aliphatic carbocycles. The summed E-state index contributed by atoms with van der Waals surface area (Å²) in [5.74, 6) is 0.284. The zero-order chi connectivity index (χ0) is 34.1. The Labute approximate surface area is 293 Å². The molecule has 0 spiro atoms.